The van der Waals surface area contributed by atoms with E-state index in [-0.39, 0.29) is 12.5 Å². The van der Waals surface area contributed by atoms with Crippen molar-refractivity contribution in [3.05, 3.63) is 40.9 Å². The van der Waals surface area contributed by atoms with Crippen molar-refractivity contribution in [2.45, 2.75) is 6.54 Å². The monoisotopic (exact) mass is 382 g/mol. The van der Waals surface area contributed by atoms with Gasteiger partial charge in [0, 0.05) is 30.7 Å². The average molecular weight is 383 g/mol. The number of hydrogen-bond donors (Lipinski definition) is 2. The minimum Gasteiger partial charge on any atom is -0.496 e. The van der Waals surface area contributed by atoms with Crippen molar-refractivity contribution in [2.75, 3.05) is 34.3 Å². The van der Waals surface area contributed by atoms with Crippen molar-refractivity contribution in [3.8, 4) is 5.75 Å². The second-order valence-electron chi connectivity index (χ2n) is 4.93. The molecule has 0 radical (unpaired) electrons. The van der Waals surface area contributed by atoms with Gasteiger partial charge in [0.1, 0.15) is 5.75 Å². The van der Waals surface area contributed by atoms with E-state index in [1.165, 1.54) is 4.90 Å². The molecule has 0 unspecified atom stereocenters. The molecule has 0 fully saturated rings. The van der Waals surface area contributed by atoms with Gasteiger partial charge in [0.15, 0.2) is 5.96 Å². The van der Waals surface area contributed by atoms with Gasteiger partial charge in [-0.05, 0) is 18.2 Å². The van der Waals surface area contributed by atoms with Crippen LogP contribution < -0.4 is 15.4 Å². The summed E-state index contributed by atoms with van der Waals surface area (Å²) in [6, 6.07) is 5.75. The summed E-state index contributed by atoms with van der Waals surface area (Å²) in [6.07, 6.45) is 1.73. The molecule has 1 amide bonds. The number of nitrogens with one attached hydrogen (secondary N) is 2. The van der Waals surface area contributed by atoms with Crippen LogP contribution in [0, 0.1) is 0 Å². The Morgan fingerprint density at radius 1 is 1.43 bits per heavy atom. The van der Waals surface area contributed by atoms with E-state index in [2.05, 4.69) is 38.1 Å². The molecule has 1 aromatic rings. The molecule has 0 heterocycles. The zero-order valence-corrected chi connectivity index (χ0v) is 15.3. The van der Waals surface area contributed by atoms with E-state index in [1.54, 1.807) is 27.3 Å². The number of halogens is 1. The quantitative estimate of drug-likeness (QED) is 0.428. The van der Waals surface area contributed by atoms with E-state index in [1.807, 2.05) is 18.2 Å². The number of rotatable bonds is 7. The molecule has 7 heteroatoms. The number of amides is 1. The van der Waals surface area contributed by atoms with Crippen LogP contribution in [-0.4, -0.2) is 51.1 Å². The number of carbonyl (C=O) groups is 1. The van der Waals surface area contributed by atoms with Crippen LogP contribution in [0.3, 0.4) is 0 Å². The molecule has 0 saturated carbocycles. The smallest absolute Gasteiger partial charge is 0.241 e. The maximum atomic E-state index is 11.7. The Balaban J connectivity index is 2.81. The fraction of sp³-hybridized carbons (Fsp3) is 0.375. The van der Waals surface area contributed by atoms with Crippen LogP contribution in [0.5, 0.6) is 5.75 Å². The zero-order chi connectivity index (χ0) is 17.2. The molecule has 0 aliphatic rings. The summed E-state index contributed by atoms with van der Waals surface area (Å²) in [6.45, 7) is 4.81. The Kier molecular flexibility index (Phi) is 8.18. The first-order valence-corrected chi connectivity index (χ1v) is 7.93. The van der Waals surface area contributed by atoms with Crippen LogP contribution in [0.2, 0.25) is 0 Å². The third-order valence-electron chi connectivity index (χ3n) is 2.97. The maximum absolute atomic E-state index is 11.7. The van der Waals surface area contributed by atoms with Crippen molar-refractivity contribution < 1.29 is 9.53 Å². The Bertz CT molecular complexity index is 573. The van der Waals surface area contributed by atoms with Gasteiger partial charge < -0.3 is 20.3 Å². The Morgan fingerprint density at radius 3 is 2.78 bits per heavy atom. The lowest BCUT2D eigenvalue weighted by Crippen LogP contribution is -2.43. The summed E-state index contributed by atoms with van der Waals surface area (Å²) < 4.78 is 6.29. The summed E-state index contributed by atoms with van der Waals surface area (Å²) in [4.78, 5) is 17.7. The van der Waals surface area contributed by atoms with Crippen LogP contribution in [0.1, 0.15) is 5.56 Å². The first kappa shape index (κ1) is 19.0. The predicted molar refractivity (Wildman–Crippen MR) is 96.7 cm³/mol. The van der Waals surface area contributed by atoms with Gasteiger partial charge in [0.25, 0.3) is 0 Å². The molecule has 126 valence electrons. The van der Waals surface area contributed by atoms with Gasteiger partial charge in [-0.3, -0.25) is 4.79 Å². The zero-order valence-electron chi connectivity index (χ0n) is 13.7. The van der Waals surface area contributed by atoms with Crippen LogP contribution >= 0.6 is 15.9 Å². The van der Waals surface area contributed by atoms with Crippen molar-refractivity contribution >= 4 is 27.8 Å². The standard InChI is InChI=1S/C16H23BrN4O2/c1-5-8-18-16(20-11-15(22)21(2)3)19-10-12-9-13(17)6-7-14(12)23-4/h5-7,9H,1,8,10-11H2,2-4H3,(H2,18,19,20). The van der Waals surface area contributed by atoms with Crippen molar-refractivity contribution in [3.63, 3.8) is 0 Å². The summed E-state index contributed by atoms with van der Waals surface area (Å²) in [5.74, 6) is 1.28. The Hall–Kier alpha value is -2.02. The van der Waals surface area contributed by atoms with Gasteiger partial charge in [-0.25, -0.2) is 4.99 Å². The molecule has 6 nitrogen and oxygen atoms in total. The highest BCUT2D eigenvalue weighted by Gasteiger charge is 2.07. The van der Waals surface area contributed by atoms with Crippen molar-refractivity contribution in [1.29, 1.82) is 0 Å². The van der Waals surface area contributed by atoms with Gasteiger partial charge in [0.05, 0.1) is 20.2 Å². The highest BCUT2D eigenvalue weighted by atomic mass is 79.9. The molecule has 1 aromatic carbocycles. The minimum atomic E-state index is -0.0295. The molecule has 23 heavy (non-hydrogen) atoms. The SMILES string of the molecule is C=CCNC(=NCc1cc(Br)ccc1OC)NCC(=O)N(C)C. The number of carbonyl (C=O) groups excluding carboxylic acids is 1. The van der Waals surface area contributed by atoms with E-state index in [0.717, 1.165) is 15.8 Å². The third kappa shape index (κ3) is 6.73. The number of benzene rings is 1. The molecule has 0 bridgehead atoms. The number of nitrogens with zero attached hydrogens (tertiary/aromatic N) is 2. The number of likely N-dealkylation sites (N-methyl/N-ethyl adjacent to an activating group) is 1. The molecule has 2 N–H and O–H groups in total. The van der Waals surface area contributed by atoms with Gasteiger partial charge >= 0.3 is 0 Å². The predicted octanol–water partition coefficient (Wildman–Crippen LogP) is 1.77. The summed E-state index contributed by atoms with van der Waals surface area (Å²) in [5.41, 5.74) is 0.945. The molecule has 1 rings (SSSR count). The minimum absolute atomic E-state index is 0.0295. The van der Waals surface area contributed by atoms with Gasteiger partial charge in [0.2, 0.25) is 5.91 Å². The first-order chi connectivity index (χ1) is 11.0. The lowest BCUT2D eigenvalue weighted by Gasteiger charge is -2.14. The van der Waals surface area contributed by atoms with Gasteiger partial charge in [-0.15, -0.1) is 6.58 Å². The highest BCUT2D eigenvalue weighted by molar-refractivity contribution is 9.10. The summed E-state index contributed by atoms with van der Waals surface area (Å²) in [7, 11) is 5.05. The van der Waals surface area contributed by atoms with E-state index in [4.69, 9.17) is 4.74 Å². The Labute approximate surface area is 145 Å². The number of hydrogen-bond acceptors (Lipinski definition) is 3. The van der Waals surface area contributed by atoms with Crippen LogP contribution in [-0.2, 0) is 11.3 Å². The molecule has 0 atom stereocenters. The second kappa shape index (κ2) is 9.89. The van der Waals surface area contributed by atoms with E-state index < -0.39 is 0 Å². The summed E-state index contributed by atoms with van der Waals surface area (Å²) >= 11 is 3.44. The van der Waals surface area contributed by atoms with Crippen molar-refractivity contribution in [1.82, 2.24) is 15.5 Å². The molecule has 0 spiro atoms. The highest BCUT2D eigenvalue weighted by Crippen LogP contribution is 2.23. The number of methoxy groups -OCH3 is 1. The largest absolute Gasteiger partial charge is 0.496 e. The third-order valence-corrected chi connectivity index (χ3v) is 3.46. The van der Waals surface area contributed by atoms with Crippen LogP contribution in [0.25, 0.3) is 0 Å². The molecule has 0 aromatic heterocycles. The lowest BCUT2D eigenvalue weighted by atomic mass is 10.2. The van der Waals surface area contributed by atoms with Gasteiger partial charge in [-0.1, -0.05) is 22.0 Å². The maximum Gasteiger partial charge on any atom is 0.241 e. The van der Waals surface area contributed by atoms with Crippen LogP contribution in [0.4, 0.5) is 0 Å². The van der Waals surface area contributed by atoms with E-state index >= 15 is 0 Å². The first-order valence-electron chi connectivity index (χ1n) is 7.13. The lowest BCUT2D eigenvalue weighted by molar-refractivity contribution is -0.127. The number of ether oxygens (including phenoxy) is 1. The molecule has 0 aliphatic heterocycles. The van der Waals surface area contributed by atoms with E-state index in [9.17, 15) is 4.79 Å². The topological polar surface area (TPSA) is 66.0 Å². The molecular weight excluding hydrogens is 360 g/mol. The Morgan fingerprint density at radius 2 is 2.17 bits per heavy atom. The fourth-order valence-electron chi connectivity index (χ4n) is 1.70. The molecule has 0 saturated heterocycles. The van der Waals surface area contributed by atoms with Crippen molar-refractivity contribution in [2.24, 2.45) is 4.99 Å². The fourth-order valence-corrected chi connectivity index (χ4v) is 2.10. The summed E-state index contributed by atoms with van der Waals surface area (Å²) in [5, 5.41) is 6.09. The van der Waals surface area contributed by atoms with Crippen LogP contribution in [0.15, 0.2) is 40.3 Å². The molecular formula is C16H23BrN4O2. The van der Waals surface area contributed by atoms with E-state index in [0.29, 0.717) is 19.0 Å². The normalized spacial score (nSPS) is 10.9. The average Bonchev–Trinajstić information content (AvgIpc) is 2.53. The second-order valence-corrected chi connectivity index (χ2v) is 5.85. The molecule has 0 aliphatic carbocycles. The number of aliphatic imine (C=N–C) groups is 1. The number of guanidine groups is 1. The van der Waals surface area contributed by atoms with Gasteiger partial charge in [-0.2, -0.15) is 0 Å².